The molecular formula is C17H19N3OS. The van der Waals surface area contributed by atoms with Crippen molar-refractivity contribution in [2.45, 2.75) is 19.8 Å². The topological polar surface area (TPSA) is 47.0 Å². The van der Waals surface area contributed by atoms with Gasteiger partial charge in [-0.3, -0.25) is 0 Å². The maximum absolute atomic E-state index is 5.44. The highest BCUT2D eigenvalue weighted by atomic mass is 32.1. The van der Waals surface area contributed by atoms with Crippen LogP contribution in [-0.2, 0) is 6.42 Å². The second kappa shape index (κ2) is 7.22. The van der Waals surface area contributed by atoms with Gasteiger partial charge in [-0.25, -0.2) is 0 Å². The number of thiophene rings is 1. The molecule has 1 N–H and O–H groups in total. The van der Waals surface area contributed by atoms with Crippen molar-refractivity contribution in [1.82, 2.24) is 9.97 Å². The average Bonchev–Trinajstić information content (AvgIpc) is 3.01. The van der Waals surface area contributed by atoms with Crippen molar-refractivity contribution in [1.29, 1.82) is 0 Å². The standard InChI is InChI=1S/C17H19N3OS/c1-2-21-17-19-15(14-10-12-22-16(14)20-17)18-11-6-9-13-7-4-3-5-8-13/h3-5,7-8,10,12H,2,6,9,11H2,1H3,(H,18,19,20). The highest BCUT2D eigenvalue weighted by Gasteiger charge is 2.09. The first-order valence-electron chi connectivity index (χ1n) is 7.52. The fraction of sp³-hybridized carbons (Fsp3) is 0.294. The molecule has 1 aromatic carbocycles. The molecule has 0 atom stereocenters. The van der Waals surface area contributed by atoms with Crippen molar-refractivity contribution < 1.29 is 4.74 Å². The molecule has 0 bridgehead atoms. The third-order valence-corrected chi connectivity index (χ3v) is 4.16. The molecule has 0 spiro atoms. The first-order chi connectivity index (χ1) is 10.9. The van der Waals surface area contributed by atoms with Crippen LogP contribution in [0.25, 0.3) is 10.2 Å². The lowest BCUT2D eigenvalue weighted by Gasteiger charge is -2.09. The van der Waals surface area contributed by atoms with Gasteiger partial charge >= 0.3 is 6.01 Å². The summed E-state index contributed by atoms with van der Waals surface area (Å²) in [5.74, 6) is 0.864. The Morgan fingerprint density at radius 3 is 2.82 bits per heavy atom. The van der Waals surface area contributed by atoms with Crippen LogP contribution in [0.15, 0.2) is 41.8 Å². The molecule has 22 heavy (non-hydrogen) atoms. The van der Waals surface area contributed by atoms with Gasteiger partial charge in [0.2, 0.25) is 0 Å². The molecule has 0 saturated heterocycles. The minimum Gasteiger partial charge on any atom is -0.464 e. The first-order valence-corrected chi connectivity index (χ1v) is 8.40. The summed E-state index contributed by atoms with van der Waals surface area (Å²) in [6, 6.07) is 13.0. The van der Waals surface area contributed by atoms with Crippen LogP contribution in [0.4, 0.5) is 5.82 Å². The number of rotatable bonds is 7. The molecular weight excluding hydrogens is 294 g/mol. The van der Waals surface area contributed by atoms with Gasteiger partial charge in [-0.05, 0) is 36.8 Å². The van der Waals surface area contributed by atoms with E-state index < -0.39 is 0 Å². The molecule has 0 aliphatic rings. The maximum atomic E-state index is 5.44. The second-order valence-electron chi connectivity index (χ2n) is 4.94. The zero-order valence-corrected chi connectivity index (χ0v) is 13.4. The highest BCUT2D eigenvalue weighted by molar-refractivity contribution is 7.16. The smallest absolute Gasteiger partial charge is 0.319 e. The number of hydrogen-bond donors (Lipinski definition) is 1. The molecule has 114 valence electrons. The van der Waals surface area contributed by atoms with Gasteiger partial charge < -0.3 is 10.1 Å². The van der Waals surface area contributed by atoms with Crippen molar-refractivity contribution in [3.05, 3.63) is 47.3 Å². The summed E-state index contributed by atoms with van der Waals surface area (Å²) < 4.78 is 5.44. The lowest BCUT2D eigenvalue weighted by Crippen LogP contribution is -2.07. The molecule has 0 amide bonds. The number of ether oxygens (including phenoxy) is 1. The summed E-state index contributed by atoms with van der Waals surface area (Å²) in [6.07, 6.45) is 2.12. The Bertz CT molecular complexity index is 727. The molecule has 0 aliphatic heterocycles. The number of aryl methyl sites for hydroxylation is 1. The van der Waals surface area contributed by atoms with Crippen LogP contribution in [0.1, 0.15) is 18.9 Å². The minimum atomic E-state index is 0.447. The van der Waals surface area contributed by atoms with Crippen LogP contribution in [0.5, 0.6) is 6.01 Å². The van der Waals surface area contributed by atoms with Gasteiger partial charge in [0.05, 0.1) is 12.0 Å². The summed E-state index contributed by atoms with van der Waals surface area (Å²) in [4.78, 5) is 9.84. The molecule has 2 heterocycles. The van der Waals surface area contributed by atoms with E-state index in [-0.39, 0.29) is 0 Å². The monoisotopic (exact) mass is 313 g/mol. The van der Waals surface area contributed by atoms with Gasteiger partial charge in [0.15, 0.2) is 0 Å². The fourth-order valence-electron chi connectivity index (χ4n) is 2.31. The molecule has 0 fully saturated rings. The van der Waals surface area contributed by atoms with Gasteiger partial charge in [-0.1, -0.05) is 30.3 Å². The normalized spacial score (nSPS) is 10.8. The van der Waals surface area contributed by atoms with Crippen molar-refractivity contribution >= 4 is 27.4 Å². The van der Waals surface area contributed by atoms with E-state index in [2.05, 4.69) is 45.6 Å². The molecule has 0 saturated carbocycles. The van der Waals surface area contributed by atoms with Crippen molar-refractivity contribution in [2.75, 3.05) is 18.5 Å². The fourth-order valence-corrected chi connectivity index (χ4v) is 3.06. The zero-order chi connectivity index (χ0) is 15.2. The molecule has 0 unspecified atom stereocenters. The van der Waals surface area contributed by atoms with Gasteiger partial charge in [-0.15, -0.1) is 11.3 Å². The van der Waals surface area contributed by atoms with E-state index >= 15 is 0 Å². The predicted molar refractivity (Wildman–Crippen MR) is 91.8 cm³/mol. The molecule has 0 aliphatic carbocycles. The number of nitrogens with one attached hydrogen (secondary N) is 1. The number of nitrogens with zero attached hydrogens (tertiary/aromatic N) is 2. The molecule has 5 heteroatoms. The van der Waals surface area contributed by atoms with Gasteiger partial charge in [0.1, 0.15) is 10.6 Å². The Morgan fingerprint density at radius 1 is 1.14 bits per heavy atom. The average molecular weight is 313 g/mol. The number of aromatic nitrogens is 2. The highest BCUT2D eigenvalue weighted by Crippen LogP contribution is 2.27. The van der Waals surface area contributed by atoms with Crippen molar-refractivity contribution in [3.8, 4) is 6.01 Å². The zero-order valence-electron chi connectivity index (χ0n) is 12.6. The summed E-state index contributed by atoms with van der Waals surface area (Å²) >= 11 is 1.61. The first kappa shape index (κ1) is 14.8. The van der Waals surface area contributed by atoms with Crippen LogP contribution in [0, 0.1) is 0 Å². The van der Waals surface area contributed by atoms with E-state index in [4.69, 9.17) is 4.74 Å². The summed E-state index contributed by atoms with van der Waals surface area (Å²) in [5, 5.41) is 6.51. The van der Waals surface area contributed by atoms with E-state index in [0.29, 0.717) is 12.6 Å². The van der Waals surface area contributed by atoms with Crippen LogP contribution < -0.4 is 10.1 Å². The third-order valence-electron chi connectivity index (χ3n) is 3.36. The largest absolute Gasteiger partial charge is 0.464 e. The SMILES string of the molecule is CCOc1nc(NCCCc2ccccc2)c2ccsc2n1. The maximum Gasteiger partial charge on any atom is 0.319 e. The minimum absolute atomic E-state index is 0.447. The molecule has 3 rings (SSSR count). The van der Waals surface area contributed by atoms with E-state index in [9.17, 15) is 0 Å². The van der Waals surface area contributed by atoms with Crippen LogP contribution in [0.3, 0.4) is 0 Å². The van der Waals surface area contributed by atoms with Gasteiger partial charge in [0, 0.05) is 6.54 Å². The van der Waals surface area contributed by atoms with Crippen LogP contribution in [0.2, 0.25) is 0 Å². The second-order valence-corrected chi connectivity index (χ2v) is 5.84. The lowest BCUT2D eigenvalue weighted by molar-refractivity contribution is 0.314. The van der Waals surface area contributed by atoms with E-state index in [1.54, 1.807) is 11.3 Å². The van der Waals surface area contributed by atoms with Gasteiger partial charge in [0.25, 0.3) is 0 Å². The number of fused-ring (bicyclic) bond motifs is 1. The lowest BCUT2D eigenvalue weighted by atomic mass is 10.1. The molecule has 0 radical (unpaired) electrons. The Labute approximate surface area is 134 Å². The predicted octanol–water partition coefficient (Wildman–Crippen LogP) is 4.13. The van der Waals surface area contributed by atoms with E-state index in [1.807, 2.05) is 18.4 Å². The van der Waals surface area contributed by atoms with E-state index in [0.717, 1.165) is 35.4 Å². The summed E-state index contributed by atoms with van der Waals surface area (Å²) in [7, 11) is 0. The quantitative estimate of drug-likeness (QED) is 0.666. The number of anilines is 1. The Hall–Kier alpha value is -2.14. The van der Waals surface area contributed by atoms with Crippen LogP contribution >= 0.6 is 11.3 Å². The number of hydrogen-bond acceptors (Lipinski definition) is 5. The van der Waals surface area contributed by atoms with Crippen molar-refractivity contribution in [3.63, 3.8) is 0 Å². The van der Waals surface area contributed by atoms with Crippen LogP contribution in [-0.4, -0.2) is 23.1 Å². The molecule has 4 nitrogen and oxygen atoms in total. The Kier molecular flexibility index (Phi) is 4.85. The third kappa shape index (κ3) is 3.54. The summed E-state index contributed by atoms with van der Waals surface area (Å²) in [6.45, 7) is 3.39. The van der Waals surface area contributed by atoms with E-state index in [1.165, 1.54) is 5.56 Å². The van der Waals surface area contributed by atoms with Crippen molar-refractivity contribution in [2.24, 2.45) is 0 Å². The van der Waals surface area contributed by atoms with Gasteiger partial charge in [-0.2, -0.15) is 9.97 Å². The number of benzene rings is 1. The molecule has 2 aromatic heterocycles. The summed E-state index contributed by atoms with van der Waals surface area (Å²) in [5.41, 5.74) is 1.36. The Balaban J connectivity index is 1.64. The molecule has 3 aromatic rings. The Morgan fingerprint density at radius 2 is 2.00 bits per heavy atom.